The summed E-state index contributed by atoms with van der Waals surface area (Å²) in [7, 11) is 1.52. The number of nitro groups is 1. The van der Waals surface area contributed by atoms with E-state index in [4.69, 9.17) is 9.47 Å². The van der Waals surface area contributed by atoms with Crippen molar-refractivity contribution in [2.24, 2.45) is 0 Å². The Morgan fingerprint density at radius 1 is 1.35 bits per heavy atom. The quantitative estimate of drug-likeness (QED) is 0.542. The third kappa shape index (κ3) is 2.52. The largest absolute Gasteiger partial charge is 0.495 e. The van der Waals surface area contributed by atoms with E-state index in [1.54, 1.807) is 13.1 Å². The van der Waals surface area contributed by atoms with Crippen molar-refractivity contribution in [3.8, 4) is 17.4 Å². The maximum Gasteiger partial charge on any atom is 0.272 e. The summed E-state index contributed by atoms with van der Waals surface area (Å²) in [6.45, 7) is 1.79. The number of benzene rings is 1. The van der Waals surface area contributed by atoms with Gasteiger partial charge < -0.3 is 9.47 Å². The van der Waals surface area contributed by atoms with Gasteiger partial charge in [0.15, 0.2) is 11.6 Å². The van der Waals surface area contributed by atoms with Crippen LogP contribution < -0.4 is 9.47 Å². The van der Waals surface area contributed by atoms with E-state index in [2.05, 4.69) is 10.1 Å². The zero-order valence-corrected chi connectivity index (χ0v) is 12.2. The van der Waals surface area contributed by atoms with Crippen molar-refractivity contribution in [1.82, 2.24) is 14.6 Å². The van der Waals surface area contributed by atoms with Gasteiger partial charge in [-0.05, 0) is 13.0 Å². The molecule has 0 fully saturated rings. The molecule has 0 atom stereocenters. The van der Waals surface area contributed by atoms with Gasteiger partial charge >= 0.3 is 0 Å². The Morgan fingerprint density at radius 3 is 2.78 bits per heavy atom. The zero-order valence-electron chi connectivity index (χ0n) is 12.2. The number of hydrogen-bond donors (Lipinski definition) is 0. The van der Waals surface area contributed by atoms with Crippen molar-refractivity contribution in [2.75, 3.05) is 7.11 Å². The molecule has 3 aromatic rings. The monoisotopic (exact) mass is 318 g/mol. The number of hydrogen-bond acceptors (Lipinski definition) is 6. The predicted molar refractivity (Wildman–Crippen MR) is 77.4 cm³/mol. The molecule has 0 saturated carbocycles. The number of nitrogens with zero attached hydrogens (tertiary/aromatic N) is 4. The van der Waals surface area contributed by atoms with Crippen LogP contribution in [-0.4, -0.2) is 26.6 Å². The summed E-state index contributed by atoms with van der Waals surface area (Å²) < 4.78 is 26.1. The van der Waals surface area contributed by atoms with Gasteiger partial charge in [0, 0.05) is 11.6 Å². The van der Waals surface area contributed by atoms with Crippen LogP contribution in [0.5, 0.6) is 17.4 Å². The molecule has 0 aliphatic carbocycles. The minimum Gasteiger partial charge on any atom is -0.495 e. The average Bonchev–Trinajstić information content (AvgIpc) is 2.86. The molecule has 0 spiro atoms. The Bertz CT molecular complexity index is 909. The molecule has 0 aliphatic rings. The molecule has 0 aliphatic heterocycles. The number of non-ortho nitro benzene ring substituents is 1. The van der Waals surface area contributed by atoms with Crippen LogP contribution in [0.3, 0.4) is 0 Å². The maximum atomic E-state index is 14.0. The van der Waals surface area contributed by atoms with E-state index in [0.29, 0.717) is 11.3 Å². The van der Waals surface area contributed by atoms with Gasteiger partial charge in [-0.25, -0.2) is 8.91 Å². The van der Waals surface area contributed by atoms with Crippen LogP contribution in [0.1, 0.15) is 5.56 Å². The highest BCUT2D eigenvalue weighted by molar-refractivity contribution is 5.67. The Balaban J connectivity index is 2.05. The molecule has 8 nitrogen and oxygen atoms in total. The number of fused-ring (bicyclic) bond motifs is 1. The fourth-order valence-corrected chi connectivity index (χ4v) is 2.18. The average molecular weight is 318 g/mol. The maximum absolute atomic E-state index is 14.0. The summed E-state index contributed by atoms with van der Waals surface area (Å²) in [6.07, 6.45) is 2.90. The second-order valence-corrected chi connectivity index (χ2v) is 4.65. The molecular weight excluding hydrogens is 307 g/mol. The smallest absolute Gasteiger partial charge is 0.272 e. The summed E-state index contributed by atoms with van der Waals surface area (Å²) in [5, 5.41) is 14.7. The number of rotatable bonds is 4. The third-order valence-corrected chi connectivity index (χ3v) is 3.30. The standard InChI is InChI=1S/C14H11FN4O4/c1-8-12(22-2)6-18-13(8)14(16-7-17-18)23-11-4-3-9(19(20)21)5-10(11)15/h3-7H,1-2H3. The minimum absolute atomic E-state index is 0.119. The van der Waals surface area contributed by atoms with E-state index in [-0.39, 0.29) is 17.3 Å². The summed E-state index contributed by atoms with van der Waals surface area (Å²) in [4.78, 5) is 14.0. The van der Waals surface area contributed by atoms with Crippen molar-refractivity contribution in [1.29, 1.82) is 0 Å². The highest BCUT2D eigenvalue weighted by Crippen LogP contribution is 2.33. The van der Waals surface area contributed by atoms with E-state index in [1.165, 1.54) is 24.0 Å². The first-order valence-corrected chi connectivity index (χ1v) is 6.50. The number of halogens is 1. The molecule has 0 bridgehead atoms. The van der Waals surface area contributed by atoms with Gasteiger partial charge in [0.2, 0.25) is 5.88 Å². The first kappa shape index (κ1) is 14.7. The number of aryl methyl sites for hydroxylation is 1. The lowest BCUT2D eigenvalue weighted by molar-refractivity contribution is -0.385. The number of ether oxygens (including phenoxy) is 2. The molecule has 2 heterocycles. The molecule has 9 heteroatoms. The van der Waals surface area contributed by atoms with Gasteiger partial charge in [-0.1, -0.05) is 0 Å². The first-order chi connectivity index (χ1) is 11.0. The predicted octanol–water partition coefficient (Wildman–Crippen LogP) is 2.89. The molecule has 0 saturated heterocycles. The molecule has 1 aromatic carbocycles. The summed E-state index contributed by atoms with van der Waals surface area (Å²) in [5.74, 6) is -0.323. The zero-order chi connectivity index (χ0) is 16.6. The highest BCUT2D eigenvalue weighted by atomic mass is 19.1. The number of methoxy groups -OCH3 is 1. The molecule has 0 N–H and O–H groups in total. The van der Waals surface area contributed by atoms with Crippen molar-refractivity contribution in [3.05, 3.63) is 52.2 Å². The van der Waals surface area contributed by atoms with Crippen LogP contribution in [0.4, 0.5) is 10.1 Å². The Morgan fingerprint density at radius 2 is 2.13 bits per heavy atom. The molecule has 118 valence electrons. The summed E-state index contributed by atoms with van der Waals surface area (Å²) in [6, 6.07) is 3.13. The fraction of sp³-hybridized carbons (Fsp3) is 0.143. The molecule has 3 rings (SSSR count). The molecule has 0 amide bonds. The highest BCUT2D eigenvalue weighted by Gasteiger charge is 2.17. The van der Waals surface area contributed by atoms with E-state index in [0.717, 1.165) is 17.7 Å². The van der Waals surface area contributed by atoms with Crippen LogP contribution in [0.15, 0.2) is 30.7 Å². The summed E-state index contributed by atoms with van der Waals surface area (Å²) in [5.41, 5.74) is 0.885. The van der Waals surface area contributed by atoms with Crippen LogP contribution in [0.2, 0.25) is 0 Å². The van der Waals surface area contributed by atoms with Gasteiger partial charge in [0.05, 0.1) is 24.3 Å². The van der Waals surface area contributed by atoms with Crippen LogP contribution >= 0.6 is 0 Å². The second kappa shape index (κ2) is 5.52. The lowest BCUT2D eigenvalue weighted by atomic mass is 10.3. The van der Waals surface area contributed by atoms with E-state index in [9.17, 15) is 14.5 Å². The second-order valence-electron chi connectivity index (χ2n) is 4.65. The lowest BCUT2D eigenvalue weighted by Crippen LogP contribution is -1.98. The third-order valence-electron chi connectivity index (χ3n) is 3.30. The Hall–Kier alpha value is -3.23. The van der Waals surface area contributed by atoms with Gasteiger partial charge in [-0.2, -0.15) is 10.1 Å². The topological polar surface area (TPSA) is 91.8 Å². The van der Waals surface area contributed by atoms with E-state index in [1.807, 2.05) is 0 Å². The van der Waals surface area contributed by atoms with Crippen molar-refractivity contribution in [3.63, 3.8) is 0 Å². The number of nitro benzene ring substituents is 1. The van der Waals surface area contributed by atoms with Crippen LogP contribution in [0, 0.1) is 22.9 Å². The van der Waals surface area contributed by atoms with Crippen LogP contribution in [-0.2, 0) is 0 Å². The normalized spacial score (nSPS) is 10.7. The van der Waals surface area contributed by atoms with Crippen molar-refractivity contribution < 1.29 is 18.8 Å². The molecule has 0 unspecified atom stereocenters. The molecule has 2 aromatic heterocycles. The minimum atomic E-state index is -0.855. The SMILES string of the molecule is COc1cn2ncnc(Oc3ccc([N+](=O)[O-])cc3F)c2c1C. The first-order valence-electron chi connectivity index (χ1n) is 6.50. The van der Waals surface area contributed by atoms with Crippen molar-refractivity contribution >= 4 is 11.2 Å². The molecule has 0 radical (unpaired) electrons. The van der Waals surface area contributed by atoms with E-state index >= 15 is 0 Å². The van der Waals surface area contributed by atoms with Gasteiger partial charge in [0.1, 0.15) is 17.6 Å². The van der Waals surface area contributed by atoms with E-state index < -0.39 is 10.7 Å². The van der Waals surface area contributed by atoms with Crippen molar-refractivity contribution in [2.45, 2.75) is 6.92 Å². The lowest BCUT2D eigenvalue weighted by Gasteiger charge is -2.07. The van der Waals surface area contributed by atoms with Crippen LogP contribution in [0.25, 0.3) is 5.52 Å². The number of aromatic nitrogens is 3. The molecule has 23 heavy (non-hydrogen) atoms. The Labute approximate surface area is 129 Å². The van der Waals surface area contributed by atoms with Gasteiger partial charge in [-0.3, -0.25) is 10.1 Å². The summed E-state index contributed by atoms with van der Waals surface area (Å²) >= 11 is 0. The fourth-order valence-electron chi connectivity index (χ4n) is 2.18. The van der Waals surface area contributed by atoms with Gasteiger partial charge in [-0.15, -0.1) is 0 Å². The Kier molecular flexibility index (Phi) is 3.53. The molecular formula is C14H11FN4O4. The van der Waals surface area contributed by atoms with Gasteiger partial charge in [0.25, 0.3) is 5.69 Å².